The van der Waals surface area contributed by atoms with Crippen LogP contribution >= 0.6 is 0 Å². The minimum absolute atomic E-state index is 0.00349. The van der Waals surface area contributed by atoms with E-state index in [2.05, 4.69) is 32.3 Å². The SMILES string of the molecule is COc1ccc(CN2CC[C@@H]3[C@@H](CO[C@H]3CC(=O)NCc3ncccn3)C2)cc1. The number of nitrogens with zero attached hydrogens (tertiary/aromatic N) is 3. The fraction of sp³-hybridized carbons (Fsp3) is 0.500. The van der Waals surface area contributed by atoms with Gasteiger partial charge in [0.05, 0.1) is 32.8 Å². The van der Waals surface area contributed by atoms with Crippen molar-refractivity contribution in [2.24, 2.45) is 11.8 Å². The maximum atomic E-state index is 12.3. The van der Waals surface area contributed by atoms with E-state index in [4.69, 9.17) is 9.47 Å². The summed E-state index contributed by atoms with van der Waals surface area (Å²) in [5.74, 6) is 2.47. The highest BCUT2D eigenvalue weighted by atomic mass is 16.5. The number of aromatic nitrogens is 2. The largest absolute Gasteiger partial charge is 0.497 e. The van der Waals surface area contributed by atoms with Crippen molar-refractivity contribution in [1.82, 2.24) is 20.2 Å². The number of nitrogens with one attached hydrogen (secondary N) is 1. The van der Waals surface area contributed by atoms with Crippen molar-refractivity contribution in [2.75, 3.05) is 26.8 Å². The van der Waals surface area contributed by atoms with E-state index in [-0.39, 0.29) is 12.0 Å². The lowest BCUT2D eigenvalue weighted by Gasteiger charge is -2.35. The minimum atomic E-state index is 0.00349. The molecule has 7 heteroatoms. The molecule has 0 saturated carbocycles. The van der Waals surface area contributed by atoms with Crippen LogP contribution < -0.4 is 10.1 Å². The van der Waals surface area contributed by atoms with Crippen molar-refractivity contribution in [3.05, 3.63) is 54.1 Å². The molecule has 0 spiro atoms. The maximum absolute atomic E-state index is 12.3. The molecule has 1 aromatic heterocycles. The summed E-state index contributed by atoms with van der Waals surface area (Å²) in [6.07, 6.45) is 4.85. The van der Waals surface area contributed by atoms with Gasteiger partial charge < -0.3 is 14.8 Å². The first-order valence-electron chi connectivity index (χ1n) is 10.2. The lowest BCUT2D eigenvalue weighted by Crippen LogP contribution is -2.41. The Morgan fingerprint density at radius 2 is 2.07 bits per heavy atom. The molecule has 7 nitrogen and oxygen atoms in total. The Morgan fingerprint density at radius 3 is 2.83 bits per heavy atom. The number of hydrogen-bond donors (Lipinski definition) is 1. The highest BCUT2D eigenvalue weighted by Gasteiger charge is 2.41. The van der Waals surface area contributed by atoms with E-state index in [9.17, 15) is 4.79 Å². The molecule has 154 valence electrons. The zero-order valence-electron chi connectivity index (χ0n) is 16.8. The molecule has 2 aliphatic heterocycles. The average Bonchev–Trinajstić information content (AvgIpc) is 3.15. The number of amides is 1. The van der Waals surface area contributed by atoms with E-state index in [0.717, 1.165) is 38.4 Å². The standard InChI is InChI=1S/C22H28N4O3/c1-28-18-5-3-16(4-6-18)13-26-10-7-19-17(14-26)15-29-20(19)11-22(27)25-12-21-23-8-2-9-24-21/h2-6,8-9,17,19-20H,7,10-15H2,1H3,(H,25,27)/t17-,19-,20+/m1/s1. The Bertz CT molecular complexity index is 799. The zero-order chi connectivity index (χ0) is 20.1. The van der Waals surface area contributed by atoms with Crippen LogP contribution in [0.5, 0.6) is 5.75 Å². The Kier molecular flexibility index (Phi) is 6.36. The van der Waals surface area contributed by atoms with Crippen LogP contribution in [0, 0.1) is 11.8 Å². The zero-order valence-corrected chi connectivity index (χ0v) is 16.8. The highest BCUT2D eigenvalue weighted by Crippen LogP contribution is 2.36. The van der Waals surface area contributed by atoms with E-state index in [1.54, 1.807) is 25.6 Å². The Balaban J connectivity index is 1.24. The van der Waals surface area contributed by atoms with Gasteiger partial charge in [0.15, 0.2) is 0 Å². The molecular weight excluding hydrogens is 368 g/mol. The molecule has 1 aromatic carbocycles. The predicted molar refractivity (Wildman–Crippen MR) is 108 cm³/mol. The van der Waals surface area contributed by atoms with E-state index in [1.807, 2.05) is 12.1 Å². The van der Waals surface area contributed by atoms with Crippen molar-refractivity contribution >= 4 is 5.91 Å². The first-order chi connectivity index (χ1) is 14.2. The van der Waals surface area contributed by atoms with Crippen molar-refractivity contribution < 1.29 is 14.3 Å². The first-order valence-corrected chi connectivity index (χ1v) is 10.2. The van der Waals surface area contributed by atoms with Crippen LogP contribution in [0.15, 0.2) is 42.7 Å². The quantitative estimate of drug-likeness (QED) is 0.772. The van der Waals surface area contributed by atoms with Gasteiger partial charge in [-0.2, -0.15) is 0 Å². The van der Waals surface area contributed by atoms with Crippen LogP contribution in [-0.4, -0.2) is 53.7 Å². The van der Waals surface area contributed by atoms with E-state index < -0.39 is 0 Å². The van der Waals surface area contributed by atoms with Crippen LogP contribution in [0.3, 0.4) is 0 Å². The van der Waals surface area contributed by atoms with Gasteiger partial charge in [0, 0.05) is 31.4 Å². The fourth-order valence-corrected chi connectivity index (χ4v) is 4.36. The molecule has 2 aromatic rings. The van der Waals surface area contributed by atoms with E-state index >= 15 is 0 Å². The normalized spacial score (nSPS) is 24.1. The minimum Gasteiger partial charge on any atom is -0.497 e. The van der Waals surface area contributed by atoms with Gasteiger partial charge in [0.25, 0.3) is 0 Å². The van der Waals surface area contributed by atoms with Crippen molar-refractivity contribution in [3.8, 4) is 5.75 Å². The summed E-state index contributed by atoms with van der Waals surface area (Å²) in [5, 5.41) is 2.91. The second kappa shape index (κ2) is 9.33. The molecule has 1 amide bonds. The number of hydrogen-bond acceptors (Lipinski definition) is 6. The molecule has 2 fully saturated rings. The van der Waals surface area contributed by atoms with Gasteiger partial charge in [-0.15, -0.1) is 0 Å². The molecule has 3 atom stereocenters. The predicted octanol–water partition coefficient (Wildman–Crippen LogP) is 2.03. The van der Waals surface area contributed by atoms with Crippen LogP contribution in [-0.2, 0) is 22.6 Å². The van der Waals surface area contributed by atoms with Gasteiger partial charge >= 0.3 is 0 Å². The number of ether oxygens (including phenoxy) is 2. The topological polar surface area (TPSA) is 76.6 Å². The Hall–Kier alpha value is -2.51. The molecule has 4 rings (SSSR count). The van der Waals surface area contributed by atoms with Crippen LogP contribution in [0.2, 0.25) is 0 Å². The molecule has 0 radical (unpaired) electrons. The summed E-state index contributed by atoms with van der Waals surface area (Å²) in [6.45, 7) is 4.09. The molecule has 29 heavy (non-hydrogen) atoms. The summed E-state index contributed by atoms with van der Waals surface area (Å²) in [7, 11) is 1.69. The maximum Gasteiger partial charge on any atom is 0.222 e. The number of carbonyl (C=O) groups is 1. The first kappa shape index (κ1) is 19.8. The van der Waals surface area contributed by atoms with Gasteiger partial charge in [0.1, 0.15) is 11.6 Å². The highest BCUT2D eigenvalue weighted by molar-refractivity contribution is 5.76. The summed E-state index contributed by atoms with van der Waals surface area (Å²) in [4.78, 5) is 23.1. The monoisotopic (exact) mass is 396 g/mol. The Labute approximate surface area is 171 Å². The number of methoxy groups -OCH3 is 1. The van der Waals surface area contributed by atoms with Crippen LogP contribution in [0.25, 0.3) is 0 Å². The number of carbonyl (C=O) groups excluding carboxylic acids is 1. The Morgan fingerprint density at radius 1 is 1.28 bits per heavy atom. The third-order valence-electron chi connectivity index (χ3n) is 5.89. The molecule has 0 unspecified atom stereocenters. The van der Waals surface area contributed by atoms with Gasteiger partial charge in [-0.05, 0) is 42.6 Å². The molecular formula is C22H28N4O3. The summed E-state index contributed by atoms with van der Waals surface area (Å²) in [5.41, 5.74) is 1.29. The van der Waals surface area contributed by atoms with Gasteiger partial charge in [-0.25, -0.2) is 9.97 Å². The van der Waals surface area contributed by atoms with Crippen molar-refractivity contribution in [1.29, 1.82) is 0 Å². The lowest BCUT2D eigenvalue weighted by atomic mass is 9.83. The van der Waals surface area contributed by atoms with E-state index in [1.165, 1.54) is 5.56 Å². The molecule has 0 aliphatic carbocycles. The van der Waals surface area contributed by atoms with Gasteiger partial charge in [-0.1, -0.05) is 12.1 Å². The molecule has 2 aliphatic rings. The summed E-state index contributed by atoms with van der Waals surface area (Å²) < 4.78 is 11.2. The fourth-order valence-electron chi connectivity index (χ4n) is 4.36. The second-order valence-corrected chi connectivity index (χ2v) is 7.81. The number of benzene rings is 1. The van der Waals surface area contributed by atoms with E-state index in [0.29, 0.717) is 30.6 Å². The van der Waals surface area contributed by atoms with Gasteiger partial charge in [0.2, 0.25) is 5.91 Å². The number of piperidine rings is 1. The average molecular weight is 396 g/mol. The second-order valence-electron chi connectivity index (χ2n) is 7.81. The molecule has 2 saturated heterocycles. The number of fused-ring (bicyclic) bond motifs is 1. The summed E-state index contributed by atoms with van der Waals surface area (Å²) in [6, 6.07) is 10.0. The van der Waals surface area contributed by atoms with Crippen molar-refractivity contribution in [2.45, 2.75) is 32.0 Å². The van der Waals surface area contributed by atoms with Crippen molar-refractivity contribution in [3.63, 3.8) is 0 Å². The molecule has 0 bridgehead atoms. The summed E-state index contributed by atoms with van der Waals surface area (Å²) >= 11 is 0. The molecule has 1 N–H and O–H groups in total. The third-order valence-corrected chi connectivity index (χ3v) is 5.89. The third kappa shape index (κ3) is 5.10. The smallest absolute Gasteiger partial charge is 0.222 e. The van der Waals surface area contributed by atoms with Crippen LogP contribution in [0.4, 0.5) is 0 Å². The van der Waals surface area contributed by atoms with Crippen LogP contribution in [0.1, 0.15) is 24.2 Å². The molecule has 3 heterocycles. The number of rotatable bonds is 7. The number of likely N-dealkylation sites (tertiary alicyclic amines) is 1. The van der Waals surface area contributed by atoms with Gasteiger partial charge in [-0.3, -0.25) is 9.69 Å². The lowest BCUT2D eigenvalue weighted by molar-refractivity contribution is -0.124.